The van der Waals surface area contributed by atoms with Gasteiger partial charge in [0.25, 0.3) is 0 Å². The van der Waals surface area contributed by atoms with Crippen molar-refractivity contribution in [1.82, 2.24) is 0 Å². The van der Waals surface area contributed by atoms with Crippen molar-refractivity contribution in [2.75, 3.05) is 11.9 Å². The molecule has 1 N–H and O–H groups in total. The van der Waals surface area contributed by atoms with Gasteiger partial charge in [0.2, 0.25) is 5.91 Å². The average molecular weight is 263 g/mol. The highest BCUT2D eigenvalue weighted by Gasteiger charge is 2.27. The molecule has 0 aliphatic rings. The van der Waals surface area contributed by atoms with Crippen LogP contribution in [0.15, 0.2) is 24.3 Å². The van der Waals surface area contributed by atoms with Gasteiger partial charge in [-0.2, -0.15) is 0 Å². The second kappa shape index (κ2) is 5.87. The number of carboxylic acid groups (broad SMARTS) is 1. The van der Waals surface area contributed by atoms with Gasteiger partial charge in [-0.05, 0) is 24.0 Å². The van der Waals surface area contributed by atoms with Crippen molar-refractivity contribution < 1.29 is 14.7 Å². The third-order valence-corrected chi connectivity index (χ3v) is 3.11. The number of nitrogens with zero attached hydrogens (tertiary/aromatic N) is 1. The monoisotopic (exact) mass is 263 g/mol. The number of amides is 1. The van der Waals surface area contributed by atoms with Crippen LogP contribution in [0, 0.1) is 12.3 Å². The zero-order chi connectivity index (χ0) is 14.6. The third-order valence-electron chi connectivity index (χ3n) is 3.11. The zero-order valence-corrected chi connectivity index (χ0v) is 11.9. The second-order valence-corrected chi connectivity index (χ2v) is 5.65. The molecule has 19 heavy (non-hydrogen) atoms. The van der Waals surface area contributed by atoms with Gasteiger partial charge in [-0.1, -0.05) is 32.0 Å². The van der Waals surface area contributed by atoms with E-state index in [1.807, 2.05) is 31.2 Å². The third kappa shape index (κ3) is 4.39. The largest absolute Gasteiger partial charge is 0.481 e. The minimum Gasteiger partial charge on any atom is -0.481 e. The van der Waals surface area contributed by atoms with E-state index in [2.05, 4.69) is 0 Å². The molecule has 0 radical (unpaired) electrons. The first-order valence-electron chi connectivity index (χ1n) is 6.27. The molecule has 0 heterocycles. The van der Waals surface area contributed by atoms with E-state index in [9.17, 15) is 9.59 Å². The lowest BCUT2D eigenvalue weighted by Gasteiger charge is -2.26. The number of hydrogen-bond donors (Lipinski definition) is 1. The van der Waals surface area contributed by atoms with E-state index in [0.717, 1.165) is 11.3 Å². The fraction of sp³-hybridized carbons (Fsp3) is 0.467. The summed E-state index contributed by atoms with van der Waals surface area (Å²) >= 11 is 0. The molecule has 1 amide bonds. The van der Waals surface area contributed by atoms with Crippen LogP contribution in [0.4, 0.5) is 5.69 Å². The first kappa shape index (κ1) is 15.2. The van der Waals surface area contributed by atoms with Gasteiger partial charge in [-0.25, -0.2) is 0 Å². The fourth-order valence-corrected chi connectivity index (χ4v) is 2.07. The maximum absolute atomic E-state index is 12.2. The number of carboxylic acids is 1. The van der Waals surface area contributed by atoms with Crippen LogP contribution in [0.5, 0.6) is 0 Å². The van der Waals surface area contributed by atoms with Crippen LogP contribution in [-0.2, 0) is 9.59 Å². The number of anilines is 1. The lowest BCUT2D eigenvalue weighted by molar-refractivity contribution is -0.139. The summed E-state index contributed by atoms with van der Waals surface area (Å²) in [5.41, 5.74) is 1.34. The molecule has 0 atom stereocenters. The van der Waals surface area contributed by atoms with Crippen LogP contribution >= 0.6 is 0 Å². The van der Waals surface area contributed by atoms with Crippen LogP contribution in [0.25, 0.3) is 0 Å². The standard InChI is InChI=1S/C15H21NO3/c1-11-7-5-6-8-12(11)16(4)13(17)9-15(2,3)10-14(18)19/h5-8H,9-10H2,1-4H3,(H,18,19). The van der Waals surface area contributed by atoms with Crippen molar-refractivity contribution in [1.29, 1.82) is 0 Å². The number of para-hydroxylation sites is 1. The first-order valence-corrected chi connectivity index (χ1v) is 6.27. The number of hydrogen-bond acceptors (Lipinski definition) is 2. The molecule has 0 spiro atoms. The lowest BCUT2D eigenvalue weighted by atomic mass is 9.85. The molecule has 0 bridgehead atoms. The average Bonchev–Trinajstić information content (AvgIpc) is 2.26. The van der Waals surface area contributed by atoms with Crippen LogP contribution in [0.1, 0.15) is 32.3 Å². The summed E-state index contributed by atoms with van der Waals surface area (Å²) < 4.78 is 0. The van der Waals surface area contributed by atoms with Gasteiger partial charge in [-0.3, -0.25) is 9.59 Å². The zero-order valence-electron chi connectivity index (χ0n) is 11.9. The van der Waals surface area contributed by atoms with E-state index in [0.29, 0.717) is 0 Å². The van der Waals surface area contributed by atoms with Gasteiger partial charge < -0.3 is 10.0 Å². The Balaban J connectivity index is 2.79. The topological polar surface area (TPSA) is 57.6 Å². The summed E-state index contributed by atoms with van der Waals surface area (Å²) in [6.45, 7) is 5.54. The Hall–Kier alpha value is -1.84. The molecule has 4 heteroatoms. The molecule has 0 unspecified atom stereocenters. The fourth-order valence-electron chi connectivity index (χ4n) is 2.07. The van der Waals surface area contributed by atoms with Gasteiger partial charge in [0.1, 0.15) is 0 Å². The van der Waals surface area contributed by atoms with Gasteiger partial charge >= 0.3 is 5.97 Å². The molecule has 1 aromatic carbocycles. The molecule has 0 aliphatic carbocycles. The van der Waals surface area contributed by atoms with Crippen LogP contribution in [-0.4, -0.2) is 24.0 Å². The van der Waals surface area contributed by atoms with Gasteiger partial charge in [0, 0.05) is 19.2 Å². The number of aliphatic carboxylic acids is 1. The van der Waals surface area contributed by atoms with Crippen molar-refractivity contribution in [2.24, 2.45) is 5.41 Å². The predicted octanol–water partition coefficient (Wildman–Crippen LogP) is 2.85. The van der Waals surface area contributed by atoms with Gasteiger partial charge in [-0.15, -0.1) is 0 Å². The lowest BCUT2D eigenvalue weighted by Crippen LogP contribution is -2.32. The van der Waals surface area contributed by atoms with Crippen molar-refractivity contribution in [3.05, 3.63) is 29.8 Å². The number of rotatable bonds is 5. The van der Waals surface area contributed by atoms with Crippen molar-refractivity contribution in [3.63, 3.8) is 0 Å². The number of benzene rings is 1. The summed E-state index contributed by atoms with van der Waals surface area (Å²) in [4.78, 5) is 24.6. The summed E-state index contributed by atoms with van der Waals surface area (Å²) in [5, 5.41) is 8.84. The maximum atomic E-state index is 12.2. The smallest absolute Gasteiger partial charge is 0.303 e. The molecular weight excluding hydrogens is 242 g/mol. The molecule has 1 rings (SSSR count). The van der Waals surface area contributed by atoms with Crippen LogP contribution in [0.3, 0.4) is 0 Å². The van der Waals surface area contributed by atoms with E-state index in [4.69, 9.17) is 5.11 Å². The van der Waals surface area contributed by atoms with Crippen LogP contribution in [0.2, 0.25) is 0 Å². The van der Waals surface area contributed by atoms with Gasteiger partial charge in [0.05, 0.1) is 6.42 Å². The Bertz CT molecular complexity index is 480. The Kier molecular flexibility index (Phi) is 4.70. The molecule has 104 valence electrons. The maximum Gasteiger partial charge on any atom is 0.303 e. The molecule has 0 aliphatic heterocycles. The molecule has 1 aromatic rings. The summed E-state index contributed by atoms with van der Waals surface area (Å²) in [7, 11) is 1.72. The number of carbonyl (C=O) groups is 2. The Morgan fingerprint density at radius 3 is 2.32 bits per heavy atom. The van der Waals surface area contributed by atoms with E-state index in [1.165, 1.54) is 0 Å². The van der Waals surface area contributed by atoms with Crippen molar-refractivity contribution >= 4 is 17.6 Å². The molecule has 4 nitrogen and oxygen atoms in total. The predicted molar refractivity (Wildman–Crippen MR) is 75.2 cm³/mol. The van der Waals surface area contributed by atoms with E-state index >= 15 is 0 Å². The SMILES string of the molecule is Cc1ccccc1N(C)C(=O)CC(C)(C)CC(=O)O. The van der Waals surface area contributed by atoms with Crippen molar-refractivity contribution in [3.8, 4) is 0 Å². The summed E-state index contributed by atoms with van der Waals surface area (Å²) in [6.07, 6.45) is 0.199. The van der Waals surface area contributed by atoms with Crippen LogP contribution < -0.4 is 4.90 Å². The molecule has 0 fully saturated rings. The van der Waals surface area contributed by atoms with E-state index in [1.54, 1.807) is 25.8 Å². The normalized spacial score (nSPS) is 11.2. The Labute approximate surface area is 114 Å². The second-order valence-electron chi connectivity index (χ2n) is 5.65. The van der Waals surface area contributed by atoms with Gasteiger partial charge in [0.15, 0.2) is 0 Å². The number of carbonyl (C=O) groups excluding carboxylic acids is 1. The highest BCUT2D eigenvalue weighted by molar-refractivity contribution is 5.94. The Morgan fingerprint density at radius 2 is 1.79 bits per heavy atom. The summed E-state index contributed by atoms with van der Waals surface area (Å²) in [6, 6.07) is 7.64. The first-order chi connectivity index (χ1) is 8.73. The highest BCUT2D eigenvalue weighted by Crippen LogP contribution is 2.27. The molecule has 0 saturated carbocycles. The quantitative estimate of drug-likeness (QED) is 0.888. The minimum absolute atomic E-state index is 0.0135. The minimum atomic E-state index is -0.878. The van der Waals surface area contributed by atoms with E-state index < -0.39 is 11.4 Å². The van der Waals surface area contributed by atoms with Crippen molar-refractivity contribution in [2.45, 2.75) is 33.6 Å². The number of aryl methyl sites for hydroxylation is 1. The molecular formula is C15H21NO3. The highest BCUT2D eigenvalue weighted by atomic mass is 16.4. The molecule has 0 saturated heterocycles. The molecule has 0 aromatic heterocycles. The Morgan fingerprint density at radius 1 is 1.21 bits per heavy atom. The van der Waals surface area contributed by atoms with E-state index in [-0.39, 0.29) is 18.7 Å². The summed E-state index contributed by atoms with van der Waals surface area (Å²) in [5.74, 6) is -0.947.